The molecule has 1 atom stereocenters. The van der Waals surface area contributed by atoms with Crippen LogP contribution in [0.3, 0.4) is 0 Å². The van der Waals surface area contributed by atoms with Gasteiger partial charge in [0, 0.05) is 31.3 Å². The first kappa shape index (κ1) is 14.8. The van der Waals surface area contributed by atoms with E-state index < -0.39 is 0 Å². The van der Waals surface area contributed by atoms with Crippen LogP contribution in [0.25, 0.3) is 0 Å². The second-order valence-corrected chi connectivity index (χ2v) is 5.57. The van der Waals surface area contributed by atoms with Crippen LogP contribution in [0.4, 0.5) is 4.79 Å². The van der Waals surface area contributed by atoms with Gasteiger partial charge in [0.25, 0.3) is 0 Å². The Labute approximate surface area is 129 Å². The SMILES string of the molecule is O=C(NCc1ccnc(O[C@H]2CCOC2)c1)NC1CC=CC1. The number of hydrogen-bond acceptors (Lipinski definition) is 4. The predicted molar refractivity (Wildman–Crippen MR) is 81.6 cm³/mol. The van der Waals surface area contributed by atoms with E-state index in [0.29, 0.717) is 19.0 Å². The van der Waals surface area contributed by atoms with Crippen molar-refractivity contribution in [2.45, 2.75) is 38.0 Å². The quantitative estimate of drug-likeness (QED) is 0.813. The Morgan fingerprint density at radius 3 is 3.05 bits per heavy atom. The molecule has 2 amide bonds. The minimum atomic E-state index is -0.142. The Hall–Kier alpha value is -2.08. The van der Waals surface area contributed by atoms with Gasteiger partial charge in [-0.2, -0.15) is 0 Å². The highest BCUT2D eigenvalue weighted by Crippen LogP contribution is 2.15. The van der Waals surface area contributed by atoms with Gasteiger partial charge >= 0.3 is 6.03 Å². The predicted octanol–water partition coefficient (Wildman–Crippen LogP) is 1.77. The van der Waals surface area contributed by atoms with Crippen molar-refractivity contribution in [3.63, 3.8) is 0 Å². The summed E-state index contributed by atoms with van der Waals surface area (Å²) in [5.74, 6) is 0.579. The molecule has 3 rings (SSSR count). The molecular formula is C16H21N3O3. The number of carbonyl (C=O) groups excluding carboxylic acids is 1. The van der Waals surface area contributed by atoms with Crippen molar-refractivity contribution in [1.82, 2.24) is 15.6 Å². The normalized spacial score (nSPS) is 21.0. The van der Waals surface area contributed by atoms with Crippen LogP contribution in [-0.2, 0) is 11.3 Å². The summed E-state index contributed by atoms with van der Waals surface area (Å²) < 4.78 is 11.0. The van der Waals surface area contributed by atoms with E-state index >= 15 is 0 Å². The van der Waals surface area contributed by atoms with Gasteiger partial charge in [-0.1, -0.05) is 12.2 Å². The summed E-state index contributed by atoms with van der Waals surface area (Å²) in [7, 11) is 0. The van der Waals surface area contributed by atoms with E-state index in [4.69, 9.17) is 9.47 Å². The zero-order chi connectivity index (χ0) is 15.2. The van der Waals surface area contributed by atoms with Crippen molar-refractivity contribution < 1.29 is 14.3 Å². The first-order chi connectivity index (χ1) is 10.8. The van der Waals surface area contributed by atoms with Gasteiger partial charge in [-0.05, 0) is 24.5 Å². The van der Waals surface area contributed by atoms with Crippen LogP contribution in [0.15, 0.2) is 30.5 Å². The maximum absolute atomic E-state index is 11.8. The van der Waals surface area contributed by atoms with Gasteiger partial charge in [-0.25, -0.2) is 9.78 Å². The van der Waals surface area contributed by atoms with Crippen LogP contribution >= 0.6 is 0 Å². The molecule has 2 aliphatic rings. The topological polar surface area (TPSA) is 72.5 Å². The fraction of sp³-hybridized carbons (Fsp3) is 0.500. The summed E-state index contributed by atoms with van der Waals surface area (Å²) in [5.41, 5.74) is 0.962. The number of nitrogens with zero attached hydrogens (tertiary/aromatic N) is 1. The fourth-order valence-electron chi connectivity index (χ4n) is 2.56. The number of amides is 2. The number of carbonyl (C=O) groups is 1. The zero-order valence-corrected chi connectivity index (χ0v) is 12.5. The smallest absolute Gasteiger partial charge is 0.315 e. The third-order valence-corrected chi connectivity index (χ3v) is 3.77. The van der Waals surface area contributed by atoms with Gasteiger partial charge in [0.2, 0.25) is 5.88 Å². The number of nitrogens with one attached hydrogen (secondary N) is 2. The average Bonchev–Trinajstić information content (AvgIpc) is 3.19. The molecule has 118 valence electrons. The van der Waals surface area contributed by atoms with Crippen molar-refractivity contribution in [3.05, 3.63) is 36.0 Å². The van der Waals surface area contributed by atoms with Crippen molar-refractivity contribution in [2.24, 2.45) is 0 Å². The van der Waals surface area contributed by atoms with Crippen LogP contribution in [0, 0.1) is 0 Å². The number of rotatable bonds is 5. The Morgan fingerprint density at radius 2 is 2.27 bits per heavy atom. The lowest BCUT2D eigenvalue weighted by molar-refractivity contribution is 0.138. The lowest BCUT2D eigenvalue weighted by atomic mass is 10.2. The second-order valence-electron chi connectivity index (χ2n) is 5.57. The zero-order valence-electron chi connectivity index (χ0n) is 12.5. The van der Waals surface area contributed by atoms with Crippen molar-refractivity contribution in [3.8, 4) is 5.88 Å². The van der Waals surface area contributed by atoms with Gasteiger partial charge in [0.15, 0.2) is 0 Å². The number of pyridine rings is 1. The first-order valence-electron chi connectivity index (χ1n) is 7.68. The molecule has 0 bridgehead atoms. The summed E-state index contributed by atoms with van der Waals surface area (Å²) in [6.07, 6.45) is 8.65. The third-order valence-electron chi connectivity index (χ3n) is 3.77. The molecule has 6 nitrogen and oxygen atoms in total. The molecule has 0 saturated carbocycles. The summed E-state index contributed by atoms with van der Waals surface area (Å²) in [4.78, 5) is 16.0. The van der Waals surface area contributed by atoms with E-state index in [-0.39, 0.29) is 18.2 Å². The Morgan fingerprint density at radius 1 is 1.41 bits per heavy atom. The monoisotopic (exact) mass is 303 g/mol. The van der Waals surface area contributed by atoms with Crippen molar-refractivity contribution in [2.75, 3.05) is 13.2 Å². The molecule has 0 radical (unpaired) electrons. The van der Waals surface area contributed by atoms with Crippen LogP contribution in [0.1, 0.15) is 24.8 Å². The van der Waals surface area contributed by atoms with Gasteiger partial charge in [0.05, 0.1) is 13.2 Å². The highest BCUT2D eigenvalue weighted by Gasteiger charge is 2.18. The Kier molecular flexibility index (Phi) is 4.90. The molecule has 1 aliphatic carbocycles. The number of ether oxygens (including phenoxy) is 2. The van der Waals surface area contributed by atoms with Crippen LogP contribution < -0.4 is 15.4 Å². The minimum Gasteiger partial charge on any atom is -0.472 e. The van der Waals surface area contributed by atoms with E-state index in [1.807, 2.05) is 12.1 Å². The third kappa shape index (κ3) is 4.21. The molecule has 0 spiro atoms. The van der Waals surface area contributed by atoms with Gasteiger partial charge in [-0.15, -0.1) is 0 Å². The summed E-state index contributed by atoms with van der Waals surface area (Å²) in [5, 5.41) is 5.81. The maximum atomic E-state index is 11.8. The fourth-order valence-corrected chi connectivity index (χ4v) is 2.56. The molecule has 1 aliphatic heterocycles. The minimum absolute atomic E-state index is 0.0777. The molecule has 22 heavy (non-hydrogen) atoms. The Bertz CT molecular complexity index is 533. The van der Waals surface area contributed by atoms with Crippen LogP contribution in [-0.4, -0.2) is 36.4 Å². The Balaban J connectivity index is 1.46. The van der Waals surface area contributed by atoms with E-state index in [1.54, 1.807) is 6.20 Å². The van der Waals surface area contributed by atoms with Crippen LogP contribution in [0.2, 0.25) is 0 Å². The molecule has 2 heterocycles. The molecule has 1 saturated heterocycles. The molecule has 1 fully saturated rings. The first-order valence-corrected chi connectivity index (χ1v) is 7.68. The lowest BCUT2D eigenvalue weighted by Gasteiger charge is -2.14. The average molecular weight is 303 g/mol. The van der Waals surface area contributed by atoms with Gasteiger partial charge < -0.3 is 20.1 Å². The molecule has 2 N–H and O–H groups in total. The summed E-state index contributed by atoms with van der Waals surface area (Å²) in [6.45, 7) is 1.80. The van der Waals surface area contributed by atoms with Crippen molar-refractivity contribution in [1.29, 1.82) is 0 Å². The molecule has 1 aromatic heterocycles. The van der Waals surface area contributed by atoms with E-state index in [9.17, 15) is 4.79 Å². The number of aromatic nitrogens is 1. The van der Waals surface area contributed by atoms with E-state index in [1.165, 1.54) is 0 Å². The number of urea groups is 1. The molecule has 1 aromatic rings. The molecule has 6 heteroatoms. The summed E-state index contributed by atoms with van der Waals surface area (Å²) >= 11 is 0. The van der Waals surface area contributed by atoms with Crippen LogP contribution in [0.5, 0.6) is 5.88 Å². The molecular weight excluding hydrogens is 282 g/mol. The van der Waals surface area contributed by atoms with E-state index in [0.717, 1.165) is 31.4 Å². The van der Waals surface area contributed by atoms with Gasteiger partial charge in [-0.3, -0.25) is 0 Å². The highest BCUT2D eigenvalue weighted by molar-refractivity contribution is 5.74. The van der Waals surface area contributed by atoms with E-state index in [2.05, 4.69) is 27.8 Å². The lowest BCUT2D eigenvalue weighted by Crippen LogP contribution is -2.40. The number of hydrogen-bond donors (Lipinski definition) is 2. The molecule has 0 aromatic carbocycles. The largest absolute Gasteiger partial charge is 0.472 e. The standard InChI is InChI=1S/C16H21N3O3/c20-16(19-13-3-1-2-4-13)18-10-12-5-7-17-15(9-12)22-14-6-8-21-11-14/h1-2,5,7,9,13-14H,3-4,6,8,10-11H2,(H2,18,19,20)/t14-/m0/s1. The molecule has 0 unspecified atom stereocenters. The van der Waals surface area contributed by atoms with Crippen molar-refractivity contribution >= 4 is 6.03 Å². The second kappa shape index (κ2) is 7.26. The summed E-state index contributed by atoms with van der Waals surface area (Å²) in [6, 6.07) is 3.81. The van der Waals surface area contributed by atoms with Gasteiger partial charge in [0.1, 0.15) is 6.10 Å². The highest BCUT2D eigenvalue weighted by atomic mass is 16.5. The maximum Gasteiger partial charge on any atom is 0.315 e.